The van der Waals surface area contributed by atoms with Gasteiger partial charge in [0.2, 0.25) is 0 Å². The number of hydrogen-bond donors (Lipinski definition) is 1. The summed E-state index contributed by atoms with van der Waals surface area (Å²) in [5.74, 6) is -0.117. The summed E-state index contributed by atoms with van der Waals surface area (Å²) in [6.07, 6.45) is 0. The molecule has 0 radical (unpaired) electrons. The normalized spacial score (nSPS) is 31.1. The fourth-order valence-corrected chi connectivity index (χ4v) is 2.70. The predicted molar refractivity (Wildman–Crippen MR) is 54.3 cm³/mol. The lowest BCUT2D eigenvalue weighted by atomic mass is 10.1. The van der Waals surface area contributed by atoms with Crippen molar-refractivity contribution in [3.63, 3.8) is 0 Å². The topological polar surface area (TPSA) is 46.5 Å². The number of carbonyl (C=O) groups is 1. The van der Waals surface area contributed by atoms with Crippen LogP contribution in [0.3, 0.4) is 0 Å². The second-order valence-electron chi connectivity index (χ2n) is 4.02. The van der Waals surface area contributed by atoms with Crippen LogP contribution in [0.4, 0.5) is 0 Å². The molecule has 0 amide bonds. The largest absolute Gasteiger partial charge is 0.491 e. The second kappa shape index (κ2) is 2.89. The number of rotatable bonds is 1. The van der Waals surface area contributed by atoms with Crippen LogP contribution in [-0.2, 0) is 4.79 Å². The zero-order valence-corrected chi connectivity index (χ0v) is 8.57. The zero-order chi connectivity index (χ0) is 10.6. The van der Waals surface area contributed by atoms with Crippen LogP contribution in [0.1, 0.15) is 11.5 Å². The molecule has 1 aliphatic heterocycles. The maximum atomic E-state index is 10.9. The Morgan fingerprint density at radius 2 is 2.33 bits per heavy atom. The average Bonchev–Trinajstić information content (AvgIpc) is 2.92. The molecule has 3 nitrogen and oxygen atoms in total. The van der Waals surface area contributed by atoms with E-state index in [0.29, 0.717) is 17.4 Å². The minimum atomic E-state index is -0.735. The van der Waals surface area contributed by atoms with Crippen LogP contribution >= 0.6 is 11.6 Å². The summed E-state index contributed by atoms with van der Waals surface area (Å²) in [5.41, 5.74) is 0.950. The number of ether oxygens (including phenoxy) is 1. The Bertz CT molecular complexity index is 443. The summed E-state index contributed by atoms with van der Waals surface area (Å²) in [6, 6.07) is 5.50. The van der Waals surface area contributed by atoms with Gasteiger partial charge in [-0.15, -0.1) is 0 Å². The minimum Gasteiger partial charge on any atom is -0.491 e. The molecule has 0 bridgehead atoms. The number of para-hydroxylation sites is 1. The van der Waals surface area contributed by atoms with Crippen LogP contribution in [0.2, 0.25) is 5.02 Å². The van der Waals surface area contributed by atoms with Gasteiger partial charge in [0.05, 0.1) is 17.5 Å². The van der Waals surface area contributed by atoms with Gasteiger partial charge >= 0.3 is 5.97 Å². The van der Waals surface area contributed by atoms with E-state index in [2.05, 4.69) is 0 Å². The van der Waals surface area contributed by atoms with Gasteiger partial charge < -0.3 is 9.84 Å². The molecule has 2 aliphatic rings. The van der Waals surface area contributed by atoms with Crippen LogP contribution in [0.15, 0.2) is 18.2 Å². The van der Waals surface area contributed by atoms with Crippen molar-refractivity contribution in [3.05, 3.63) is 28.8 Å². The van der Waals surface area contributed by atoms with Crippen LogP contribution in [0.25, 0.3) is 0 Å². The van der Waals surface area contributed by atoms with Crippen LogP contribution < -0.4 is 4.74 Å². The van der Waals surface area contributed by atoms with Crippen LogP contribution in [0, 0.1) is 11.8 Å². The summed E-state index contributed by atoms with van der Waals surface area (Å²) in [6.45, 7) is 0.471. The number of halogens is 1. The maximum Gasteiger partial charge on any atom is 0.307 e. The maximum absolute atomic E-state index is 10.9. The van der Waals surface area contributed by atoms with Crippen molar-refractivity contribution in [3.8, 4) is 5.75 Å². The molecule has 1 aromatic rings. The Labute approximate surface area is 91.6 Å². The highest BCUT2D eigenvalue weighted by molar-refractivity contribution is 6.32. The van der Waals surface area contributed by atoms with Gasteiger partial charge in [-0.2, -0.15) is 0 Å². The fraction of sp³-hybridized carbons (Fsp3) is 0.364. The van der Waals surface area contributed by atoms with E-state index in [1.807, 2.05) is 12.1 Å². The van der Waals surface area contributed by atoms with Crippen molar-refractivity contribution in [2.24, 2.45) is 11.8 Å². The first-order valence-corrected chi connectivity index (χ1v) is 5.22. The number of carboxylic acids is 1. The van der Waals surface area contributed by atoms with E-state index in [9.17, 15) is 4.79 Å². The molecule has 1 heterocycles. The number of carboxylic acid groups (broad SMARTS) is 1. The molecule has 3 unspecified atom stereocenters. The zero-order valence-electron chi connectivity index (χ0n) is 7.81. The molecular formula is C11H9ClO3. The standard InChI is InChI=1S/C11H9ClO3/c12-7-3-1-2-5-8-6(4-15-10(5)7)9(8)11(13)14/h1-3,6,8-9H,4H2,(H,13,14). The summed E-state index contributed by atoms with van der Waals surface area (Å²) >= 11 is 5.98. The van der Waals surface area contributed by atoms with E-state index < -0.39 is 5.97 Å². The van der Waals surface area contributed by atoms with Crippen molar-refractivity contribution < 1.29 is 14.6 Å². The number of fused-ring (bicyclic) bond motifs is 3. The molecule has 0 saturated heterocycles. The Balaban J connectivity index is 2.04. The first kappa shape index (κ1) is 9.04. The first-order valence-electron chi connectivity index (χ1n) is 4.84. The molecule has 1 aromatic carbocycles. The van der Waals surface area contributed by atoms with Gasteiger partial charge in [-0.3, -0.25) is 4.79 Å². The third kappa shape index (κ3) is 1.16. The third-order valence-electron chi connectivity index (χ3n) is 3.23. The summed E-state index contributed by atoms with van der Waals surface area (Å²) in [4.78, 5) is 10.9. The van der Waals surface area contributed by atoms with Crippen molar-refractivity contribution in [2.75, 3.05) is 6.61 Å². The van der Waals surface area contributed by atoms with Crippen LogP contribution in [0.5, 0.6) is 5.75 Å². The number of aliphatic carboxylic acids is 1. The molecule has 15 heavy (non-hydrogen) atoms. The molecule has 1 saturated carbocycles. The lowest BCUT2D eigenvalue weighted by Gasteiger charge is -2.16. The van der Waals surface area contributed by atoms with E-state index in [-0.39, 0.29) is 17.8 Å². The van der Waals surface area contributed by atoms with E-state index in [1.165, 1.54) is 0 Å². The van der Waals surface area contributed by atoms with Gasteiger partial charge in [0.1, 0.15) is 5.75 Å². The quantitative estimate of drug-likeness (QED) is 0.795. The molecule has 78 valence electrons. The molecule has 4 heteroatoms. The molecular weight excluding hydrogens is 216 g/mol. The van der Waals surface area contributed by atoms with Gasteiger partial charge in [0, 0.05) is 17.4 Å². The van der Waals surface area contributed by atoms with E-state index in [1.54, 1.807) is 6.07 Å². The summed E-state index contributed by atoms with van der Waals surface area (Å²) < 4.78 is 5.49. The molecule has 1 N–H and O–H groups in total. The Morgan fingerprint density at radius 1 is 1.53 bits per heavy atom. The van der Waals surface area contributed by atoms with Gasteiger partial charge in [-0.1, -0.05) is 23.7 Å². The lowest BCUT2D eigenvalue weighted by Crippen LogP contribution is -2.09. The van der Waals surface area contributed by atoms with Crippen molar-refractivity contribution in [1.29, 1.82) is 0 Å². The van der Waals surface area contributed by atoms with E-state index in [4.69, 9.17) is 21.4 Å². The highest BCUT2D eigenvalue weighted by atomic mass is 35.5. The SMILES string of the molecule is O=C(O)C1C2COc3c(Cl)cccc3C21. The first-order chi connectivity index (χ1) is 7.20. The van der Waals surface area contributed by atoms with E-state index >= 15 is 0 Å². The molecule has 1 fully saturated rings. The summed E-state index contributed by atoms with van der Waals surface area (Å²) in [5, 5.41) is 9.56. The second-order valence-corrected chi connectivity index (χ2v) is 4.43. The van der Waals surface area contributed by atoms with Crippen molar-refractivity contribution >= 4 is 17.6 Å². The Hall–Kier alpha value is -1.22. The molecule has 0 spiro atoms. The van der Waals surface area contributed by atoms with Crippen molar-refractivity contribution in [1.82, 2.24) is 0 Å². The molecule has 1 aliphatic carbocycles. The molecule has 3 atom stereocenters. The highest BCUT2D eigenvalue weighted by Gasteiger charge is 2.59. The average molecular weight is 225 g/mol. The van der Waals surface area contributed by atoms with Gasteiger partial charge in [0.15, 0.2) is 0 Å². The predicted octanol–water partition coefficient (Wildman–Crippen LogP) is 2.15. The molecule has 3 rings (SSSR count). The smallest absolute Gasteiger partial charge is 0.307 e. The third-order valence-corrected chi connectivity index (χ3v) is 3.53. The lowest BCUT2D eigenvalue weighted by molar-refractivity contribution is -0.139. The number of hydrogen-bond acceptors (Lipinski definition) is 2. The van der Waals surface area contributed by atoms with Gasteiger partial charge in [-0.25, -0.2) is 0 Å². The van der Waals surface area contributed by atoms with E-state index in [0.717, 1.165) is 5.56 Å². The van der Waals surface area contributed by atoms with Crippen LogP contribution in [-0.4, -0.2) is 17.7 Å². The fourth-order valence-electron chi connectivity index (χ4n) is 2.46. The summed E-state index contributed by atoms with van der Waals surface area (Å²) in [7, 11) is 0. The number of benzene rings is 1. The Kier molecular flexibility index (Phi) is 1.74. The Morgan fingerprint density at radius 3 is 3.07 bits per heavy atom. The monoisotopic (exact) mass is 224 g/mol. The van der Waals surface area contributed by atoms with Crippen molar-refractivity contribution in [2.45, 2.75) is 5.92 Å². The highest BCUT2D eigenvalue weighted by Crippen LogP contribution is 2.59. The molecule has 0 aromatic heterocycles. The van der Waals surface area contributed by atoms with Gasteiger partial charge in [0.25, 0.3) is 0 Å². The minimum absolute atomic E-state index is 0.102. The van der Waals surface area contributed by atoms with Gasteiger partial charge in [-0.05, 0) is 6.07 Å².